The zero-order valence-electron chi connectivity index (χ0n) is 11.1. The van der Waals surface area contributed by atoms with Gasteiger partial charge in [-0.05, 0) is 37.5 Å². The van der Waals surface area contributed by atoms with Gasteiger partial charge in [0.25, 0.3) is 0 Å². The highest BCUT2D eigenvalue weighted by Crippen LogP contribution is 2.14. The van der Waals surface area contributed by atoms with Gasteiger partial charge in [-0.2, -0.15) is 0 Å². The lowest BCUT2D eigenvalue weighted by molar-refractivity contribution is 0.777. The second-order valence-electron chi connectivity index (χ2n) is 4.51. The molecule has 1 heterocycles. The molecule has 0 fully saturated rings. The van der Waals surface area contributed by atoms with Gasteiger partial charge in [0.05, 0.1) is 17.1 Å². The van der Waals surface area contributed by atoms with Gasteiger partial charge >= 0.3 is 0 Å². The van der Waals surface area contributed by atoms with Crippen molar-refractivity contribution in [1.82, 2.24) is 15.0 Å². The summed E-state index contributed by atoms with van der Waals surface area (Å²) in [6, 6.07) is 8.50. The van der Waals surface area contributed by atoms with E-state index >= 15 is 0 Å². The molecule has 0 aliphatic rings. The van der Waals surface area contributed by atoms with Gasteiger partial charge in [-0.3, -0.25) is 0 Å². The molecule has 4 nitrogen and oxygen atoms in total. The van der Waals surface area contributed by atoms with Crippen molar-refractivity contribution in [3.05, 3.63) is 41.2 Å². The lowest BCUT2D eigenvalue weighted by Gasteiger charge is -2.05. The number of nitrogens with two attached hydrogens (primary N) is 1. The van der Waals surface area contributed by atoms with E-state index in [0.29, 0.717) is 6.54 Å². The number of aryl methyl sites for hydroxylation is 1. The number of nitrogens with zero attached hydrogens (tertiary/aromatic N) is 3. The molecule has 0 aliphatic heterocycles. The van der Waals surface area contributed by atoms with Crippen molar-refractivity contribution in [2.45, 2.75) is 39.7 Å². The van der Waals surface area contributed by atoms with Crippen LogP contribution < -0.4 is 5.73 Å². The standard InChI is InChI=1S/C14H20N4/c1-3-4-5-12-6-8-13(9-7-12)18-11(2)14(10-15)16-17-18/h6-9H,3-5,10,15H2,1-2H3. The Hall–Kier alpha value is -1.68. The van der Waals surface area contributed by atoms with E-state index in [2.05, 4.69) is 41.5 Å². The maximum atomic E-state index is 5.61. The molecule has 0 amide bonds. The van der Waals surface area contributed by atoms with Crippen LogP contribution in [0.25, 0.3) is 5.69 Å². The second kappa shape index (κ2) is 5.78. The number of hydrogen-bond donors (Lipinski definition) is 1. The third-order valence-corrected chi connectivity index (χ3v) is 3.18. The monoisotopic (exact) mass is 244 g/mol. The van der Waals surface area contributed by atoms with Crippen molar-refractivity contribution in [3.63, 3.8) is 0 Å². The zero-order chi connectivity index (χ0) is 13.0. The van der Waals surface area contributed by atoms with Gasteiger partial charge in [0, 0.05) is 6.54 Å². The number of hydrogen-bond acceptors (Lipinski definition) is 3. The Kier molecular flexibility index (Phi) is 4.10. The molecule has 18 heavy (non-hydrogen) atoms. The summed E-state index contributed by atoms with van der Waals surface area (Å²) in [5.74, 6) is 0. The Morgan fingerprint density at radius 3 is 2.50 bits per heavy atom. The van der Waals surface area contributed by atoms with Gasteiger partial charge in [0.2, 0.25) is 0 Å². The summed E-state index contributed by atoms with van der Waals surface area (Å²) in [5.41, 5.74) is 9.88. The van der Waals surface area contributed by atoms with Crippen molar-refractivity contribution in [2.75, 3.05) is 0 Å². The topological polar surface area (TPSA) is 56.7 Å². The Morgan fingerprint density at radius 1 is 1.22 bits per heavy atom. The Morgan fingerprint density at radius 2 is 1.94 bits per heavy atom. The summed E-state index contributed by atoms with van der Waals surface area (Å²) < 4.78 is 1.84. The van der Waals surface area contributed by atoms with Crippen LogP contribution in [-0.4, -0.2) is 15.0 Å². The highest BCUT2D eigenvalue weighted by molar-refractivity contribution is 5.35. The molecule has 0 saturated heterocycles. The van der Waals surface area contributed by atoms with Gasteiger partial charge in [-0.1, -0.05) is 30.7 Å². The summed E-state index contributed by atoms with van der Waals surface area (Å²) in [6.07, 6.45) is 3.60. The molecule has 0 radical (unpaired) electrons. The zero-order valence-corrected chi connectivity index (χ0v) is 11.1. The predicted molar refractivity (Wildman–Crippen MR) is 72.6 cm³/mol. The Balaban J connectivity index is 2.20. The van der Waals surface area contributed by atoms with Gasteiger partial charge < -0.3 is 5.73 Å². The first-order valence-corrected chi connectivity index (χ1v) is 6.46. The molecule has 96 valence electrons. The second-order valence-corrected chi connectivity index (χ2v) is 4.51. The van der Waals surface area contributed by atoms with Crippen LogP contribution in [0.5, 0.6) is 0 Å². The Bertz CT molecular complexity index is 499. The molecule has 4 heteroatoms. The molecule has 1 aromatic heterocycles. The van der Waals surface area contributed by atoms with Crippen LogP contribution in [-0.2, 0) is 13.0 Å². The number of rotatable bonds is 5. The smallest absolute Gasteiger partial charge is 0.0996 e. The van der Waals surface area contributed by atoms with E-state index < -0.39 is 0 Å². The van der Waals surface area contributed by atoms with Crippen molar-refractivity contribution >= 4 is 0 Å². The van der Waals surface area contributed by atoms with E-state index in [1.54, 1.807) is 0 Å². The molecule has 1 aromatic carbocycles. The van der Waals surface area contributed by atoms with E-state index in [9.17, 15) is 0 Å². The van der Waals surface area contributed by atoms with Gasteiger partial charge in [0.1, 0.15) is 0 Å². The maximum absolute atomic E-state index is 5.61. The van der Waals surface area contributed by atoms with Crippen LogP contribution in [0.4, 0.5) is 0 Å². The first-order chi connectivity index (χ1) is 8.76. The quantitative estimate of drug-likeness (QED) is 0.878. The SMILES string of the molecule is CCCCc1ccc(-n2nnc(CN)c2C)cc1. The minimum atomic E-state index is 0.431. The summed E-state index contributed by atoms with van der Waals surface area (Å²) >= 11 is 0. The maximum Gasteiger partial charge on any atom is 0.0996 e. The first-order valence-electron chi connectivity index (χ1n) is 6.46. The van der Waals surface area contributed by atoms with Crippen molar-refractivity contribution in [1.29, 1.82) is 0 Å². The molecule has 0 atom stereocenters. The fourth-order valence-corrected chi connectivity index (χ4v) is 1.98. The predicted octanol–water partition coefficient (Wildman–Crippen LogP) is 2.38. The fraction of sp³-hybridized carbons (Fsp3) is 0.429. The van der Waals surface area contributed by atoms with Gasteiger partial charge in [-0.25, -0.2) is 4.68 Å². The van der Waals surface area contributed by atoms with Crippen molar-refractivity contribution in [3.8, 4) is 5.69 Å². The van der Waals surface area contributed by atoms with E-state index in [1.165, 1.54) is 18.4 Å². The molecule has 0 spiro atoms. The normalized spacial score (nSPS) is 10.8. The molecular weight excluding hydrogens is 224 g/mol. The van der Waals surface area contributed by atoms with E-state index in [4.69, 9.17) is 5.73 Å². The minimum absolute atomic E-state index is 0.431. The highest BCUT2D eigenvalue weighted by atomic mass is 15.4. The number of unbranched alkanes of at least 4 members (excludes halogenated alkanes) is 1. The molecule has 0 saturated carbocycles. The molecule has 2 N–H and O–H groups in total. The summed E-state index contributed by atoms with van der Waals surface area (Å²) in [7, 11) is 0. The first kappa shape index (κ1) is 12.8. The largest absolute Gasteiger partial charge is 0.325 e. The average Bonchev–Trinajstić information content (AvgIpc) is 2.78. The highest BCUT2D eigenvalue weighted by Gasteiger charge is 2.08. The van der Waals surface area contributed by atoms with Crippen LogP contribution in [0, 0.1) is 6.92 Å². The lowest BCUT2D eigenvalue weighted by Crippen LogP contribution is -2.02. The minimum Gasteiger partial charge on any atom is -0.325 e. The van der Waals surface area contributed by atoms with E-state index in [-0.39, 0.29) is 0 Å². The summed E-state index contributed by atoms with van der Waals surface area (Å²) in [6.45, 7) is 4.63. The lowest BCUT2D eigenvalue weighted by atomic mass is 10.1. The van der Waals surface area contributed by atoms with Crippen LogP contribution in [0.3, 0.4) is 0 Å². The van der Waals surface area contributed by atoms with Gasteiger partial charge in [-0.15, -0.1) is 5.10 Å². The molecule has 0 aliphatic carbocycles. The fourth-order valence-electron chi connectivity index (χ4n) is 1.98. The molecule has 2 rings (SSSR count). The van der Waals surface area contributed by atoms with Gasteiger partial charge in [0.15, 0.2) is 0 Å². The molecule has 0 bridgehead atoms. The molecular formula is C14H20N4. The third-order valence-electron chi connectivity index (χ3n) is 3.18. The summed E-state index contributed by atoms with van der Waals surface area (Å²) in [5, 5.41) is 8.21. The van der Waals surface area contributed by atoms with E-state index in [0.717, 1.165) is 23.5 Å². The van der Waals surface area contributed by atoms with Crippen molar-refractivity contribution in [2.24, 2.45) is 5.73 Å². The van der Waals surface area contributed by atoms with Crippen LogP contribution in [0.2, 0.25) is 0 Å². The summed E-state index contributed by atoms with van der Waals surface area (Å²) in [4.78, 5) is 0. The third kappa shape index (κ3) is 2.59. The van der Waals surface area contributed by atoms with E-state index in [1.807, 2.05) is 11.6 Å². The van der Waals surface area contributed by atoms with Crippen LogP contribution in [0.1, 0.15) is 36.7 Å². The molecule has 2 aromatic rings. The van der Waals surface area contributed by atoms with Crippen LogP contribution >= 0.6 is 0 Å². The van der Waals surface area contributed by atoms with Crippen LogP contribution in [0.15, 0.2) is 24.3 Å². The average molecular weight is 244 g/mol. The Labute approximate surface area is 108 Å². The number of benzene rings is 1. The van der Waals surface area contributed by atoms with Crippen molar-refractivity contribution < 1.29 is 0 Å². The number of aromatic nitrogens is 3. The molecule has 0 unspecified atom stereocenters.